The van der Waals surface area contributed by atoms with Crippen molar-refractivity contribution in [3.63, 3.8) is 0 Å². The molecule has 1 fully saturated rings. The molecule has 1 atom stereocenters. The lowest BCUT2D eigenvalue weighted by Gasteiger charge is -2.25. The number of carbonyl (C=O) groups is 2. The van der Waals surface area contributed by atoms with Crippen LogP contribution in [0.4, 0.5) is 5.69 Å². The molecule has 1 aliphatic rings. The summed E-state index contributed by atoms with van der Waals surface area (Å²) in [6.07, 6.45) is 3.41. The number of anilines is 1. The molecule has 1 heterocycles. The number of ether oxygens (including phenoxy) is 4. The van der Waals surface area contributed by atoms with Crippen molar-refractivity contribution < 1.29 is 37.0 Å². The zero-order valence-electron chi connectivity index (χ0n) is 24.8. The Kier molecular flexibility index (Phi) is 11.2. The van der Waals surface area contributed by atoms with Gasteiger partial charge in [-0.3, -0.25) is 13.9 Å². The highest BCUT2D eigenvalue weighted by molar-refractivity contribution is 7.92. The molecule has 1 saturated heterocycles. The number of aryl methyl sites for hydroxylation is 1. The number of rotatable bonds is 14. The van der Waals surface area contributed by atoms with Crippen LogP contribution in [0.3, 0.4) is 0 Å². The molecule has 0 radical (unpaired) electrons. The zero-order chi connectivity index (χ0) is 31.5. The van der Waals surface area contributed by atoms with Crippen LogP contribution in [0.25, 0.3) is 0 Å². The maximum Gasteiger partial charge on any atom is 0.264 e. The largest absolute Gasteiger partial charge is 0.497 e. The summed E-state index contributed by atoms with van der Waals surface area (Å²) < 4.78 is 50.0. The van der Waals surface area contributed by atoms with Gasteiger partial charge in [0, 0.05) is 19.2 Å². The van der Waals surface area contributed by atoms with E-state index in [1.165, 1.54) is 44.7 Å². The molecule has 0 aliphatic carbocycles. The van der Waals surface area contributed by atoms with Crippen molar-refractivity contribution in [1.82, 2.24) is 10.7 Å². The maximum atomic E-state index is 13.7. The lowest BCUT2D eigenvalue weighted by molar-refractivity contribution is -0.123. The fourth-order valence-electron chi connectivity index (χ4n) is 4.36. The Bertz CT molecular complexity index is 1550. The first-order valence-corrected chi connectivity index (χ1v) is 15.4. The second-order valence-corrected chi connectivity index (χ2v) is 11.8. The number of hydrogen-bond acceptors (Lipinski definition) is 9. The standard InChI is InChI=1S/C31H36N4O8S/c1-22-6-13-27(14-7-22)44(38,39)35(28-15-12-25(40-2)17-29(28)41-3)20-30(36)34-33-18-23-8-10-24(11-9-23)43-21-31(37)32-19-26-5-4-16-42-26/h6-15,17-18,26H,4-5,16,19-21H2,1-3H3,(H,32,37)(H,34,36)/b33-18-/t26-/m1/s1. The van der Waals surface area contributed by atoms with Crippen LogP contribution in [0.15, 0.2) is 76.7 Å². The Balaban J connectivity index is 1.38. The van der Waals surface area contributed by atoms with Crippen molar-refractivity contribution in [3.05, 3.63) is 77.9 Å². The summed E-state index contributed by atoms with van der Waals surface area (Å²) in [4.78, 5) is 25.0. The highest BCUT2D eigenvalue weighted by atomic mass is 32.2. The molecule has 2 N–H and O–H groups in total. The van der Waals surface area contributed by atoms with Crippen LogP contribution >= 0.6 is 0 Å². The Labute approximate surface area is 257 Å². The average molecular weight is 625 g/mol. The normalized spacial score (nSPS) is 14.7. The summed E-state index contributed by atoms with van der Waals surface area (Å²) in [5.74, 6) is 0.243. The quantitative estimate of drug-likeness (QED) is 0.206. The maximum absolute atomic E-state index is 13.7. The van der Waals surface area contributed by atoms with E-state index < -0.39 is 22.5 Å². The van der Waals surface area contributed by atoms with E-state index in [-0.39, 0.29) is 35.0 Å². The number of nitrogens with zero attached hydrogens (tertiary/aromatic N) is 2. The molecule has 234 valence electrons. The molecular formula is C31H36N4O8S. The first-order chi connectivity index (χ1) is 21.2. The lowest BCUT2D eigenvalue weighted by Crippen LogP contribution is -2.39. The number of nitrogens with one attached hydrogen (secondary N) is 2. The van der Waals surface area contributed by atoms with Crippen LogP contribution in [0.1, 0.15) is 24.0 Å². The molecule has 44 heavy (non-hydrogen) atoms. The molecule has 3 aromatic rings. The highest BCUT2D eigenvalue weighted by Crippen LogP contribution is 2.35. The molecule has 2 amide bonds. The Hall–Kier alpha value is -4.62. The molecule has 1 aliphatic heterocycles. The SMILES string of the molecule is COc1ccc(N(CC(=O)N/N=C\c2ccc(OCC(=O)NC[C@H]3CCCO3)cc2)S(=O)(=O)c2ccc(C)cc2)c(OC)c1. The summed E-state index contributed by atoms with van der Waals surface area (Å²) in [6, 6.07) is 17.7. The fraction of sp³-hybridized carbons (Fsp3) is 0.323. The van der Waals surface area contributed by atoms with Gasteiger partial charge in [0.1, 0.15) is 23.8 Å². The van der Waals surface area contributed by atoms with Crippen LogP contribution < -0.4 is 29.3 Å². The molecular weight excluding hydrogens is 588 g/mol. The van der Waals surface area contributed by atoms with Crippen molar-refractivity contribution in [1.29, 1.82) is 0 Å². The summed E-state index contributed by atoms with van der Waals surface area (Å²) in [6.45, 7) is 2.34. The summed E-state index contributed by atoms with van der Waals surface area (Å²) in [7, 11) is -1.29. The van der Waals surface area contributed by atoms with Gasteiger partial charge in [0.05, 0.1) is 37.1 Å². The van der Waals surface area contributed by atoms with Gasteiger partial charge < -0.3 is 24.3 Å². The van der Waals surface area contributed by atoms with E-state index >= 15 is 0 Å². The van der Waals surface area contributed by atoms with Gasteiger partial charge in [0.25, 0.3) is 21.8 Å². The van der Waals surface area contributed by atoms with Gasteiger partial charge in [-0.25, -0.2) is 13.8 Å². The first-order valence-electron chi connectivity index (χ1n) is 13.9. The minimum atomic E-state index is -4.17. The van der Waals surface area contributed by atoms with E-state index in [0.717, 1.165) is 29.3 Å². The monoisotopic (exact) mass is 624 g/mol. The van der Waals surface area contributed by atoms with Crippen molar-refractivity contribution in [2.45, 2.75) is 30.8 Å². The van der Waals surface area contributed by atoms with E-state index in [2.05, 4.69) is 15.8 Å². The molecule has 0 aromatic heterocycles. The average Bonchev–Trinajstić information content (AvgIpc) is 3.56. The minimum absolute atomic E-state index is 0.0138. The number of amides is 2. The lowest BCUT2D eigenvalue weighted by atomic mass is 10.2. The second kappa shape index (κ2) is 15.2. The Morgan fingerprint density at radius 1 is 1.00 bits per heavy atom. The second-order valence-electron chi connectivity index (χ2n) is 9.95. The van der Waals surface area contributed by atoms with Crippen LogP contribution in [-0.4, -0.2) is 73.1 Å². The van der Waals surface area contributed by atoms with Crippen LogP contribution in [0.2, 0.25) is 0 Å². The zero-order valence-corrected chi connectivity index (χ0v) is 25.6. The molecule has 0 saturated carbocycles. The fourth-order valence-corrected chi connectivity index (χ4v) is 5.79. The summed E-state index contributed by atoms with van der Waals surface area (Å²) >= 11 is 0. The Morgan fingerprint density at radius 2 is 1.73 bits per heavy atom. The molecule has 0 bridgehead atoms. The van der Waals surface area contributed by atoms with Crippen LogP contribution in [-0.2, 0) is 24.3 Å². The van der Waals surface area contributed by atoms with Crippen LogP contribution in [0, 0.1) is 6.92 Å². The predicted octanol–water partition coefficient (Wildman–Crippen LogP) is 3.03. The van der Waals surface area contributed by atoms with Gasteiger partial charge in [-0.15, -0.1) is 0 Å². The van der Waals surface area contributed by atoms with Crippen LogP contribution in [0.5, 0.6) is 17.2 Å². The van der Waals surface area contributed by atoms with E-state index in [4.69, 9.17) is 18.9 Å². The third kappa shape index (κ3) is 8.71. The van der Waals surface area contributed by atoms with Gasteiger partial charge in [0.15, 0.2) is 6.61 Å². The molecule has 12 nitrogen and oxygen atoms in total. The first kappa shape index (κ1) is 32.3. The van der Waals surface area contributed by atoms with E-state index in [1.807, 2.05) is 6.92 Å². The Morgan fingerprint density at radius 3 is 2.39 bits per heavy atom. The number of hydrazone groups is 1. The summed E-state index contributed by atoms with van der Waals surface area (Å²) in [5.41, 5.74) is 4.07. The van der Waals surface area contributed by atoms with E-state index in [9.17, 15) is 18.0 Å². The van der Waals surface area contributed by atoms with Crippen molar-refractivity contribution in [2.75, 3.05) is 44.8 Å². The molecule has 3 aromatic carbocycles. The third-order valence-corrected chi connectivity index (χ3v) is 8.53. The predicted molar refractivity (Wildman–Crippen MR) is 165 cm³/mol. The van der Waals surface area contributed by atoms with Gasteiger partial charge in [0.2, 0.25) is 0 Å². The van der Waals surface area contributed by atoms with Gasteiger partial charge in [-0.05, 0) is 73.9 Å². The van der Waals surface area contributed by atoms with Gasteiger partial charge in [-0.2, -0.15) is 5.10 Å². The molecule has 0 unspecified atom stereocenters. The molecule has 13 heteroatoms. The number of carbonyl (C=O) groups excluding carboxylic acids is 2. The van der Waals surface area contributed by atoms with Crippen molar-refractivity contribution >= 4 is 33.7 Å². The number of methoxy groups -OCH3 is 2. The molecule has 0 spiro atoms. The topological polar surface area (TPSA) is 145 Å². The smallest absolute Gasteiger partial charge is 0.264 e. The minimum Gasteiger partial charge on any atom is -0.497 e. The van der Waals surface area contributed by atoms with Gasteiger partial charge >= 0.3 is 0 Å². The number of hydrogen-bond donors (Lipinski definition) is 2. The summed E-state index contributed by atoms with van der Waals surface area (Å²) in [5, 5.41) is 6.77. The van der Waals surface area contributed by atoms with E-state index in [1.54, 1.807) is 42.5 Å². The number of benzene rings is 3. The van der Waals surface area contributed by atoms with Gasteiger partial charge in [-0.1, -0.05) is 17.7 Å². The van der Waals surface area contributed by atoms with Crippen molar-refractivity contribution in [3.8, 4) is 17.2 Å². The van der Waals surface area contributed by atoms with Crippen molar-refractivity contribution in [2.24, 2.45) is 5.10 Å². The molecule has 4 rings (SSSR count). The number of sulfonamides is 1. The van der Waals surface area contributed by atoms with E-state index in [0.29, 0.717) is 23.6 Å². The highest BCUT2D eigenvalue weighted by Gasteiger charge is 2.29. The third-order valence-electron chi connectivity index (χ3n) is 6.76.